The standard InChI is InChI=1S/C15H19NO3.C14H25NO2S.C10H17NO.C9H19NOS.C7H8O3.C5H6O.C5H10O.C4H11NOS.4C2H6O.Ti/c1-8-6-7-10(19-8)14(15(3,4)5)16-11-9(2)12(17)13(11)18;1-10-8-9-11(17-10)12(13(2,3)4)15-18(16)14(5,6)7;1-7-5-6-8(12-7)9(11)10(2,3)4;1-8(2,3)7-10-12(11)9(4,5)6;1-3-10-7-4(2)5(8)6(7)9;1-5-3-2-4-6-5;1-5(2,3)4-6;1-4(2,3)7(5)6;4*1-2-3;/h6-7,14,16H,1-5H3;8-9,12,15H,1-7H3;5-6,9H,11H2,1-4H3;7H,1-6H3;3H2,1-2H3;2-4H,1H3;4H,1-3H3;5H2,1-3H3;4*3H,2H2,1H3;/t14-;12-,18+;9-;12-;;;;7-;;;;;/m0001...1...../s1. The fourth-order valence-corrected chi connectivity index (χ4v) is 8.04. The zero-order valence-electron chi connectivity index (χ0n) is 69.5. The fourth-order valence-electron chi connectivity index (χ4n) is 6.27. The van der Waals surface area contributed by atoms with E-state index >= 15 is 0 Å². The molecule has 0 fully saturated rings. The van der Waals surface area contributed by atoms with Gasteiger partial charge in [-0.25, -0.2) is 17.3 Å². The summed E-state index contributed by atoms with van der Waals surface area (Å²) in [7, 11) is -3.41. The van der Waals surface area contributed by atoms with Crippen LogP contribution in [0.25, 0.3) is 0 Å². The van der Waals surface area contributed by atoms with E-state index < -0.39 is 54.7 Å². The van der Waals surface area contributed by atoms with Crippen LogP contribution in [-0.2, 0) is 59.5 Å². The summed E-state index contributed by atoms with van der Waals surface area (Å²) in [4.78, 5) is 53.9. The normalized spacial score (nSPS) is 13.1. The molecule has 0 saturated carbocycles. The minimum Gasteiger partial charge on any atom is -0.489 e. The van der Waals surface area contributed by atoms with Crippen molar-refractivity contribution in [1.82, 2.24) is 4.72 Å². The molecule has 596 valence electrons. The smallest absolute Gasteiger partial charge is 0.268 e. The summed E-state index contributed by atoms with van der Waals surface area (Å²) >= 11 is 0. The van der Waals surface area contributed by atoms with Crippen LogP contribution in [0, 0.1) is 68.6 Å². The van der Waals surface area contributed by atoms with Crippen LogP contribution >= 0.6 is 0 Å². The average Bonchev–Trinajstić information content (AvgIpc) is 1.59. The average molecular weight is 1550 g/mol. The molecule has 0 saturated heterocycles. The Morgan fingerprint density at radius 2 is 0.854 bits per heavy atom. The van der Waals surface area contributed by atoms with Gasteiger partial charge < -0.3 is 58.7 Å². The molecule has 6 aromatic rings. The quantitative estimate of drug-likeness (QED) is 0.0273. The Labute approximate surface area is 642 Å². The number of aliphatic hydroxyl groups is 4. The number of hydrogen-bond donors (Lipinski definition) is 8. The molecule has 0 spiro atoms. The van der Waals surface area contributed by atoms with E-state index in [4.69, 9.17) is 53.7 Å². The van der Waals surface area contributed by atoms with Gasteiger partial charge in [-0.05, 0) is 209 Å². The van der Waals surface area contributed by atoms with Crippen molar-refractivity contribution in [2.24, 2.45) is 42.3 Å². The Morgan fingerprint density at radius 1 is 0.505 bits per heavy atom. The van der Waals surface area contributed by atoms with Crippen LogP contribution in [0.5, 0.6) is 5.75 Å². The molecule has 0 bridgehead atoms. The van der Waals surface area contributed by atoms with Crippen molar-refractivity contribution in [3.05, 3.63) is 147 Å². The Bertz CT molecular complexity index is 3410. The van der Waals surface area contributed by atoms with Crippen molar-refractivity contribution in [1.29, 1.82) is 0 Å². The second-order valence-corrected chi connectivity index (χ2v) is 37.2. The molecule has 0 amide bonds. The number of ether oxygens (including phenoxy) is 1. The Hall–Kier alpha value is -4.90. The van der Waals surface area contributed by atoms with E-state index in [9.17, 15) is 36.6 Å². The summed E-state index contributed by atoms with van der Waals surface area (Å²) in [5.74, 6) is 6.33. The number of carbonyl (C=O) groups is 1. The van der Waals surface area contributed by atoms with Gasteiger partial charge in [0.05, 0.1) is 72.9 Å². The van der Waals surface area contributed by atoms with Gasteiger partial charge in [-0.15, -0.1) is 0 Å². The number of furan rings is 4. The number of aliphatic hydroxyl groups excluding tert-OH is 4. The first-order chi connectivity index (χ1) is 46.0. The molecule has 10 N–H and O–H groups in total. The minimum absolute atomic E-state index is 0. The van der Waals surface area contributed by atoms with Crippen LogP contribution in [0.3, 0.4) is 0 Å². The Morgan fingerprint density at radius 3 is 1.08 bits per heavy atom. The molecule has 0 aliphatic rings. The van der Waals surface area contributed by atoms with Gasteiger partial charge in [-0.1, -0.05) is 104 Å². The third-order valence-corrected chi connectivity index (χ3v) is 16.2. The molecule has 0 aliphatic carbocycles. The van der Waals surface area contributed by atoms with Gasteiger partial charge in [0.15, 0.2) is 5.75 Å². The molecule has 6 atom stereocenters. The molecule has 6 rings (SSSR count). The molecule has 26 heteroatoms. The van der Waals surface area contributed by atoms with E-state index in [0.717, 1.165) is 46.6 Å². The maximum absolute atomic E-state index is 12.3. The maximum Gasteiger partial charge on any atom is 0.268 e. The Balaban J connectivity index is -0.000000205. The largest absolute Gasteiger partial charge is 0.489 e. The topological polar surface area (TPSA) is 368 Å². The molecule has 22 nitrogen and oxygen atoms in total. The predicted octanol–water partition coefficient (Wildman–Crippen LogP) is 14.8. The summed E-state index contributed by atoms with van der Waals surface area (Å²) in [6, 6.07) is 15.1. The molecule has 0 aliphatic heterocycles. The number of carbonyl (C=O) groups excluding carboxylic acids is 1. The summed E-state index contributed by atoms with van der Waals surface area (Å²) in [6.07, 6.45) is 4.36. The maximum atomic E-state index is 12.3. The predicted molar refractivity (Wildman–Crippen MR) is 427 cm³/mol. The molecule has 2 aromatic carbocycles. The van der Waals surface area contributed by atoms with E-state index in [1.54, 1.807) is 60.9 Å². The Kier molecular flexibility index (Phi) is 57.3. The van der Waals surface area contributed by atoms with E-state index in [2.05, 4.69) is 76.8 Å². The van der Waals surface area contributed by atoms with Gasteiger partial charge in [0.1, 0.15) is 57.6 Å². The number of aryl methyl sites for hydroxylation is 4. The van der Waals surface area contributed by atoms with Gasteiger partial charge >= 0.3 is 0 Å². The summed E-state index contributed by atoms with van der Waals surface area (Å²) in [5.41, 5.74) is 5.36. The van der Waals surface area contributed by atoms with Crippen LogP contribution in [0.4, 0.5) is 5.69 Å². The van der Waals surface area contributed by atoms with Crippen LogP contribution in [0.2, 0.25) is 0 Å². The van der Waals surface area contributed by atoms with E-state index in [-0.39, 0.29) is 113 Å². The number of anilines is 1. The molecule has 0 radical (unpaired) electrons. The number of nitrogens with two attached hydrogens (primary N) is 2. The van der Waals surface area contributed by atoms with Crippen molar-refractivity contribution in [2.45, 2.75) is 275 Å². The summed E-state index contributed by atoms with van der Waals surface area (Å²) in [5, 5.41) is 38.5. The second kappa shape index (κ2) is 53.0. The first kappa shape index (κ1) is 111. The van der Waals surface area contributed by atoms with Crippen LogP contribution < -0.4 is 47.4 Å². The first-order valence-electron chi connectivity index (χ1n) is 34.2. The van der Waals surface area contributed by atoms with Gasteiger partial charge in [-0.2, -0.15) is 4.40 Å². The van der Waals surface area contributed by atoms with E-state index in [0.29, 0.717) is 23.4 Å². The second-order valence-electron chi connectivity index (χ2n) is 31.5. The summed E-state index contributed by atoms with van der Waals surface area (Å²) in [6.45, 7) is 68.6. The number of rotatable bonds is 10. The zero-order valence-corrected chi connectivity index (χ0v) is 73.6. The van der Waals surface area contributed by atoms with Crippen molar-refractivity contribution >= 4 is 51.1 Å². The fraction of sp³-hybridized carbons (Fsp3) is 0.662. The first-order valence-corrected chi connectivity index (χ1v) is 37.6. The van der Waals surface area contributed by atoms with Gasteiger partial charge in [0.25, 0.3) is 5.43 Å². The van der Waals surface area contributed by atoms with Crippen molar-refractivity contribution < 1.29 is 82.0 Å². The molecule has 4 aromatic heterocycles. The molecule has 103 heavy (non-hydrogen) atoms. The van der Waals surface area contributed by atoms with E-state index in [1.165, 1.54) is 0 Å². The van der Waals surface area contributed by atoms with Crippen LogP contribution in [-0.4, -0.2) is 92.8 Å². The molecular weight excluding hydrogens is 1410 g/mol. The number of nitrogens with one attached hydrogen (secondary N) is 2. The third-order valence-electron chi connectivity index (χ3n) is 12.1. The SMILES string of the molecule is CC(C)(C)C=N[S@](=O)C(C)(C)C.CC(C)(C)C=O.CC(C)(C)[S@](N)=O.CCO.CCO.CCO.CCO.CCOc1c(C)c(=O)c1=O.Cc1ccc([C@H](N)C(C)(C)C)o1.Cc1ccc([C@H](N[S@](=O)C(C)(C)C)C(C)(C)C)o1.Cc1ccc([C@H](Nc2c(C)c(=O)c2=O)C(C)(C)C)o1.Cc1ccco1.[Ti]. The van der Waals surface area contributed by atoms with E-state index in [1.807, 2.05) is 180 Å². The summed E-state index contributed by atoms with van der Waals surface area (Å²) < 4.78 is 67.0. The number of aldehydes is 1. The molecular formula is C77H139N5O17S3Ti. The van der Waals surface area contributed by atoms with Crippen LogP contribution in [0.1, 0.15) is 270 Å². The van der Waals surface area contributed by atoms with Crippen LogP contribution in [0.15, 0.2) is 96.0 Å². The molecule has 0 unspecified atom stereocenters. The zero-order chi connectivity index (χ0) is 82.1. The van der Waals surface area contributed by atoms with Crippen molar-refractivity contribution in [2.75, 3.05) is 38.4 Å². The third kappa shape index (κ3) is 52.7. The molecule has 4 heterocycles. The van der Waals surface area contributed by atoms with Crippen molar-refractivity contribution in [3.8, 4) is 5.75 Å². The van der Waals surface area contributed by atoms with Crippen molar-refractivity contribution in [3.63, 3.8) is 0 Å². The van der Waals surface area contributed by atoms with Gasteiger partial charge in [0.2, 0.25) is 16.3 Å². The number of nitrogens with zero attached hydrogens (tertiary/aromatic N) is 1. The van der Waals surface area contributed by atoms with Gasteiger partial charge in [-0.3, -0.25) is 24.3 Å². The number of hydrogen-bond acceptors (Lipinski definition) is 19. The minimum atomic E-state index is -1.18. The van der Waals surface area contributed by atoms with Gasteiger partial charge in [0, 0.05) is 70.9 Å². The monoisotopic (exact) mass is 1550 g/mol.